The second-order valence-corrected chi connectivity index (χ2v) is 9.33. The smallest absolute Gasteiger partial charge is 0.338 e. The summed E-state index contributed by atoms with van der Waals surface area (Å²) in [5.41, 5.74) is 5.32. The maximum Gasteiger partial charge on any atom is 0.338 e. The van der Waals surface area contributed by atoms with Crippen molar-refractivity contribution < 1.29 is 19.1 Å². The highest BCUT2D eigenvalue weighted by Crippen LogP contribution is 2.58. The molecule has 2 aliphatic carbocycles. The van der Waals surface area contributed by atoms with Gasteiger partial charge in [0, 0.05) is 11.8 Å². The molecular weight excluding hydrogens is 450 g/mol. The molecule has 0 spiro atoms. The second-order valence-electron chi connectivity index (χ2n) is 9.33. The van der Waals surface area contributed by atoms with Crippen LogP contribution in [-0.2, 0) is 14.3 Å². The summed E-state index contributed by atoms with van der Waals surface area (Å²) >= 11 is 0. The molecule has 5 heteroatoms. The summed E-state index contributed by atoms with van der Waals surface area (Å²) in [5.74, 6) is -1.88. The highest BCUT2D eigenvalue weighted by Gasteiger charge is 2.62. The number of hydrogen-bond donors (Lipinski definition) is 0. The molecule has 3 aliphatic rings. The number of nitrogens with zero attached hydrogens (tertiary/aromatic N) is 1. The van der Waals surface area contributed by atoms with Gasteiger partial charge in [0.15, 0.2) is 0 Å². The molecule has 0 N–H and O–H groups in total. The SMILES string of the molecule is CCOC(=O)c1ccc(N2C(=O)C3C4C=CC(C4=C(c4ccccc4)c4ccccc4)C3C2=O)cc1. The van der Waals surface area contributed by atoms with Gasteiger partial charge >= 0.3 is 5.97 Å². The van der Waals surface area contributed by atoms with Crippen LogP contribution in [-0.4, -0.2) is 24.4 Å². The summed E-state index contributed by atoms with van der Waals surface area (Å²) in [6.45, 7) is 2.03. The van der Waals surface area contributed by atoms with Gasteiger partial charge in [-0.2, -0.15) is 0 Å². The first-order valence-corrected chi connectivity index (χ1v) is 12.3. The molecule has 1 heterocycles. The standard InChI is InChI=1S/C31H25NO4/c1-2-36-31(35)21-13-15-22(16-14-21)32-29(33)27-23-17-18-24(28(27)30(32)34)26(23)25(19-9-5-3-6-10-19)20-11-7-4-8-12-20/h3-18,23-24,27-28H,2H2,1H3. The predicted octanol–water partition coefficient (Wildman–Crippen LogP) is 5.29. The number of esters is 1. The monoisotopic (exact) mass is 475 g/mol. The van der Waals surface area contributed by atoms with Crippen molar-refractivity contribution in [2.45, 2.75) is 6.92 Å². The zero-order valence-corrected chi connectivity index (χ0v) is 19.8. The molecule has 5 nitrogen and oxygen atoms in total. The minimum atomic E-state index is -0.425. The van der Waals surface area contributed by atoms with Gasteiger partial charge in [0.05, 0.1) is 29.7 Å². The molecule has 4 atom stereocenters. The minimum Gasteiger partial charge on any atom is -0.462 e. The number of rotatable bonds is 5. The minimum absolute atomic E-state index is 0.129. The Morgan fingerprint density at radius 1 is 0.722 bits per heavy atom. The van der Waals surface area contributed by atoms with E-state index in [-0.39, 0.29) is 30.3 Å². The fraction of sp³-hybridized carbons (Fsp3) is 0.194. The van der Waals surface area contributed by atoms with Crippen LogP contribution in [0.3, 0.4) is 0 Å². The van der Waals surface area contributed by atoms with Crippen LogP contribution in [0.2, 0.25) is 0 Å². The van der Waals surface area contributed by atoms with Crippen LogP contribution in [0, 0.1) is 23.7 Å². The molecule has 2 fully saturated rings. The highest BCUT2D eigenvalue weighted by molar-refractivity contribution is 6.23. The molecule has 3 aromatic carbocycles. The summed E-state index contributed by atoms with van der Waals surface area (Å²) < 4.78 is 5.04. The third-order valence-electron chi connectivity index (χ3n) is 7.47. The van der Waals surface area contributed by atoms with E-state index in [0.717, 1.165) is 22.3 Å². The van der Waals surface area contributed by atoms with Gasteiger partial charge in [0.1, 0.15) is 0 Å². The number of hydrogen-bond acceptors (Lipinski definition) is 4. The summed E-state index contributed by atoms with van der Waals surface area (Å²) in [6, 6.07) is 26.9. The van der Waals surface area contributed by atoms with Gasteiger partial charge < -0.3 is 4.74 Å². The maximum atomic E-state index is 13.7. The average molecular weight is 476 g/mol. The van der Waals surface area contributed by atoms with Crippen molar-refractivity contribution in [3.63, 3.8) is 0 Å². The number of carbonyl (C=O) groups is 3. The zero-order chi connectivity index (χ0) is 24.8. The van der Waals surface area contributed by atoms with Crippen molar-refractivity contribution in [2.24, 2.45) is 23.7 Å². The van der Waals surface area contributed by atoms with Crippen LogP contribution >= 0.6 is 0 Å². The largest absolute Gasteiger partial charge is 0.462 e. The molecular formula is C31H25NO4. The molecule has 36 heavy (non-hydrogen) atoms. The summed E-state index contributed by atoms with van der Waals surface area (Å²) in [5, 5.41) is 0. The third kappa shape index (κ3) is 3.34. The van der Waals surface area contributed by atoms with Gasteiger partial charge in [-0.05, 0) is 53.5 Å². The Morgan fingerprint density at radius 2 is 1.22 bits per heavy atom. The lowest BCUT2D eigenvalue weighted by Gasteiger charge is -2.21. The molecule has 2 amide bonds. The summed E-state index contributed by atoms with van der Waals surface area (Å²) in [4.78, 5) is 40.7. The van der Waals surface area contributed by atoms with Crippen LogP contribution in [0.25, 0.3) is 5.57 Å². The van der Waals surface area contributed by atoms with Gasteiger partial charge in [-0.1, -0.05) is 72.8 Å². The third-order valence-corrected chi connectivity index (χ3v) is 7.47. The topological polar surface area (TPSA) is 63.7 Å². The van der Waals surface area contributed by atoms with E-state index in [1.165, 1.54) is 4.90 Å². The first-order chi connectivity index (χ1) is 17.6. The lowest BCUT2D eigenvalue weighted by atomic mass is 9.85. The Morgan fingerprint density at radius 3 is 1.69 bits per heavy atom. The first-order valence-electron chi connectivity index (χ1n) is 12.3. The number of benzene rings is 3. The lowest BCUT2D eigenvalue weighted by molar-refractivity contribution is -0.122. The van der Waals surface area contributed by atoms with Crippen molar-refractivity contribution in [1.29, 1.82) is 0 Å². The number of anilines is 1. The van der Waals surface area contributed by atoms with Crippen LogP contribution < -0.4 is 4.90 Å². The molecule has 3 aromatic rings. The lowest BCUT2D eigenvalue weighted by Crippen LogP contribution is -2.33. The van der Waals surface area contributed by atoms with Crippen LogP contribution in [0.15, 0.2) is 103 Å². The van der Waals surface area contributed by atoms with E-state index in [1.807, 2.05) is 36.4 Å². The average Bonchev–Trinajstić information content (AvgIpc) is 3.55. The molecule has 1 saturated heterocycles. The number of ether oxygens (including phenoxy) is 1. The Bertz CT molecular complexity index is 1330. The van der Waals surface area contributed by atoms with E-state index in [2.05, 4.69) is 36.4 Å². The van der Waals surface area contributed by atoms with E-state index in [0.29, 0.717) is 11.3 Å². The Kier molecular flexibility index (Phi) is 5.41. The quantitative estimate of drug-likeness (QED) is 0.286. The second kappa shape index (κ2) is 8.76. The number of fused-ring (bicyclic) bond motifs is 5. The van der Waals surface area contributed by atoms with Crippen molar-refractivity contribution in [1.82, 2.24) is 0 Å². The molecule has 178 valence electrons. The van der Waals surface area contributed by atoms with Gasteiger partial charge in [-0.3, -0.25) is 9.59 Å². The Labute approximate surface area is 209 Å². The highest BCUT2D eigenvalue weighted by atomic mass is 16.5. The predicted molar refractivity (Wildman–Crippen MR) is 137 cm³/mol. The normalized spacial score (nSPS) is 23.8. The van der Waals surface area contributed by atoms with Gasteiger partial charge in [0.2, 0.25) is 11.8 Å². The fourth-order valence-electron chi connectivity index (χ4n) is 6.02. The first kappa shape index (κ1) is 22.2. The summed E-state index contributed by atoms with van der Waals surface area (Å²) in [7, 11) is 0. The fourth-order valence-corrected chi connectivity index (χ4v) is 6.02. The molecule has 0 radical (unpaired) electrons. The van der Waals surface area contributed by atoms with Crippen LogP contribution in [0.1, 0.15) is 28.4 Å². The summed E-state index contributed by atoms with van der Waals surface area (Å²) in [6.07, 6.45) is 4.21. The van der Waals surface area contributed by atoms with Crippen LogP contribution in [0.5, 0.6) is 0 Å². The van der Waals surface area contributed by atoms with E-state index < -0.39 is 17.8 Å². The molecule has 0 aromatic heterocycles. The van der Waals surface area contributed by atoms with E-state index in [1.54, 1.807) is 31.2 Å². The Balaban J connectivity index is 1.39. The number of imide groups is 1. The van der Waals surface area contributed by atoms with Gasteiger partial charge in [-0.25, -0.2) is 9.69 Å². The van der Waals surface area contributed by atoms with Gasteiger partial charge in [0.25, 0.3) is 0 Å². The number of amides is 2. The van der Waals surface area contributed by atoms with Crippen molar-refractivity contribution in [3.8, 4) is 0 Å². The van der Waals surface area contributed by atoms with E-state index in [9.17, 15) is 14.4 Å². The van der Waals surface area contributed by atoms with Crippen LogP contribution in [0.4, 0.5) is 5.69 Å². The molecule has 2 bridgehead atoms. The number of carbonyl (C=O) groups excluding carboxylic acids is 3. The number of allylic oxidation sites excluding steroid dienone is 3. The molecule has 6 rings (SSSR count). The maximum absolute atomic E-state index is 13.7. The Hall–Kier alpha value is -4.25. The zero-order valence-electron chi connectivity index (χ0n) is 19.8. The van der Waals surface area contributed by atoms with Gasteiger partial charge in [-0.15, -0.1) is 0 Å². The molecule has 1 saturated carbocycles. The van der Waals surface area contributed by atoms with Crippen molar-refractivity contribution >= 4 is 29.0 Å². The van der Waals surface area contributed by atoms with E-state index in [4.69, 9.17) is 4.74 Å². The van der Waals surface area contributed by atoms with Crippen molar-refractivity contribution in [3.05, 3.63) is 119 Å². The molecule has 1 aliphatic heterocycles. The molecule has 4 unspecified atom stereocenters. The van der Waals surface area contributed by atoms with Crippen molar-refractivity contribution in [2.75, 3.05) is 11.5 Å². The van der Waals surface area contributed by atoms with E-state index >= 15 is 0 Å².